The van der Waals surface area contributed by atoms with Gasteiger partial charge in [0.1, 0.15) is 0 Å². The second-order valence-electron chi connectivity index (χ2n) is 7.71. The van der Waals surface area contributed by atoms with Gasteiger partial charge in [-0.25, -0.2) is 9.97 Å². The Morgan fingerprint density at radius 3 is 2.70 bits per heavy atom. The molecule has 1 aliphatic rings. The van der Waals surface area contributed by atoms with Gasteiger partial charge in [0.25, 0.3) is 0 Å². The predicted octanol–water partition coefficient (Wildman–Crippen LogP) is 3.97. The molecule has 1 unspecified atom stereocenters. The zero-order valence-corrected chi connectivity index (χ0v) is 14.8. The lowest BCUT2D eigenvalue weighted by Gasteiger charge is -2.32. The van der Waals surface area contributed by atoms with Crippen molar-refractivity contribution in [2.24, 2.45) is 5.92 Å². The van der Waals surface area contributed by atoms with Gasteiger partial charge in [0.05, 0.1) is 17.0 Å². The van der Waals surface area contributed by atoms with E-state index in [-0.39, 0.29) is 5.41 Å². The van der Waals surface area contributed by atoms with Gasteiger partial charge in [-0.05, 0) is 25.7 Å². The van der Waals surface area contributed by atoms with Crippen molar-refractivity contribution in [3.05, 3.63) is 23.7 Å². The monoisotopic (exact) mass is 314 g/mol. The van der Waals surface area contributed by atoms with E-state index in [4.69, 9.17) is 9.51 Å². The summed E-state index contributed by atoms with van der Waals surface area (Å²) in [5.74, 6) is 2.27. The molecule has 5 heteroatoms. The lowest BCUT2D eigenvalue weighted by molar-refractivity contribution is 0.424. The molecular formula is C18H26N4O. The number of rotatable bonds is 2. The first-order chi connectivity index (χ1) is 10.8. The summed E-state index contributed by atoms with van der Waals surface area (Å²) >= 11 is 0. The van der Waals surface area contributed by atoms with Crippen LogP contribution in [-0.4, -0.2) is 28.2 Å². The minimum absolute atomic E-state index is 0.0882. The van der Waals surface area contributed by atoms with Crippen molar-refractivity contribution in [3.63, 3.8) is 0 Å². The Bertz CT molecular complexity index is 687. The summed E-state index contributed by atoms with van der Waals surface area (Å²) in [4.78, 5) is 11.8. The van der Waals surface area contributed by atoms with Crippen LogP contribution in [0.3, 0.4) is 0 Å². The number of anilines is 1. The van der Waals surface area contributed by atoms with E-state index in [9.17, 15) is 0 Å². The number of hydrogen-bond acceptors (Lipinski definition) is 5. The van der Waals surface area contributed by atoms with Crippen LogP contribution in [0.15, 0.2) is 16.8 Å². The first-order valence-corrected chi connectivity index (χ1v) is 8.41. The van der Waals surface area contributed by atoms with Gasteiger partial charge in [-0.1, -0.05) is 32.9 Å². The molecule has 5 nitrogen and oxygen atoms in total. The quantitative estimate of drug-likeness (QED) is 0.839. The van der Waals surface area contributed by atoms with Crippen LogP contribution in [0.5, 0.6) is 0 Å². The maximum Gasteiger partial charge on any atom is 0.225 e. The second kappa shape index (κ2) is 5.95. The maximum absolute atomic E-state index is 5.44. The van der Waals surface area contributed by atoms with Gasteiger partial charge in [0, 0.05) is 30.8 Å². The van der Waals surface area contributed by atoms with E-state index in [1.54, 1.807) is 0 Å². The highest BCUT2D eigenvalue weighted by Crippen LogP contribution is 2.33. The number of nitrogens with zero attached hydrogens (tertiary/aromatic N) is 4. The average molecular weight is 314 g/mol. The molecule has 0 bridgehead atoms. The van der Waals surface area contributed by atoms with Crippen LogP contribution in [0.25, 0.3) is 11.3 Å². The molecule has 0 aromatic carbocycles. The molecule has 3 heterocycles. The van der Waals surface area contributed by atoms with E-state index in [2.05, 4.69) is 42.7 Å². The average Bonchev–Trinajstić information content (AvgIpc) is 2.92. The fourth-order valence-electron chi connectivity index (χ4n) is 3.14. The van der Waals surface area contributed by atoms with Crippen molar-refractivity contribution < 1.29 is 4.52 Å². The third-order valence-corrected chi connectivity index (χ3v) is 4.32. The van der Waals surface area contributed by atoms with Gasteiger partial charge >= 0.3 is 0 Å². The molecular weight excluding hydrogens is 288 g/mol. The van der Waals surface area contributed by atoms with E-state index in [1.807, 2.05) is 19.2 Å². The topological polar surface area (TPSA) is 55.1 Å². The molecule has 23 heavy (non-hydrogen) atoms. The predicted molar refractivity (Wildman–Crippen MR) is 91.6 cm³/mol. The number of piperidine rings is 1. The Balaban J connectivity index is 2.02. The summed E-state index contributed by atoms with van der Waals surface area (Å²) in [7, 11) is 0. The molecule has 1 aliphatic heterocycles. The number of hydrogen-bond donors (Lipinski definition) is 0. The minimum atomic E-state index is -0.0882. The molecule has 2 aromatic rings. The Labute approximate surface area is 138 Å². The molecule has 124 valence electrons. The summed E-state index contributed by atoms with van der Waals surface area (Å²) in [6.45, 7) is 12.8. The third-order valence-electron chi connectivity index (χ3n) is 4.32. The molecule has 0 radical (unpaired) electrons. The van der Waals surface area contributed by atoms with Gasteiger partial charge in [-0.15, -0.1) is 0 Å². The zero-order chi connectivity index (χ0) is 16.6. The molecule has 0 spiro atoms. The van der Waals surface area contributed by atoms with Crippen molar-refractivity contribution in [2.75, 3.05) is 18.0 Å². The Morgan fingerprint density at radius 1 is 1.30 bits per heavy atom. The first kappa shape index (κ1) is 16.0. The summed E-state index contributed by atoms with van der Waals surface area (Å²) in [6, 6.07) is 1.94. The molecule has 0 amide bonds. The highest BCUT2D eigenvalue weighted by molar-refractivity contribution is 5.62. The van der Waals surface area contributed by atoms with E-state index in [0.29, 0.717) is 5.92 Å². The minimum Gasteiger partial charge on any atom is -0.356 e. The van der Waals surface area contributed by atoms with Gasteiger partial charge in [0.2, 0.25) is 5.95 Å². The zero-order valence-electron chi connectivity index (χ0n) is 14.8. The fraction of sp³-hybridized carbons (Fsp3) is 0.611. The Morgan fingerprint density at radius 2 is 2.09 bits per heavy atom. The van der Waals surface area contributed by atoms with Crippen LogP contribution < -0.4 is 4.90 Å². The van der Waals surface area contributed by atoms with Gasteiger partial charge in [0.15, 0.2) is 5.76 Å². The largest absolute Gasteiger partial charge is 0.356 e. The van der Waals surface area contributed by atoms with Crippen LogP contribution in [0, 0.1) is 12.8 Å². The van der Waals surface area contributed by atoms with Crippen molar-refractivity contribution in [1.82, 2.24) is 15.1 Å². The van der Waals surface area contributed by atoms with E-state index in [1.165, 1.54) is 12.8 Å². The summed E-state index contributed by atoms with van der Waals surface area (Å²) in [5.41, 5.74) is 2.73. The smallest absolute Gasteiger partial charge is 0.225 e. The summed E-state index contributed by atoms with van der Waals surface area (Å²) in [6.07, 6.45) is 4.39. The van der Waals surface area contributed by atoms with E-state index in [0.717, 1.165) is 41.7 Å². The molecule has 0 N–H and O–H groups in total. The van der Waals surface area contributed by atoms with Gasteiger partial charge in [-0.2, -0.15) is 0 Å². The molecule has 1 fully saturated rings. The van der Waals surface area contributed by atoms with Crippen LogP contribution in [-0.2, 0) is 5.41 Å². The third kappa shape index (κ3) is 3.38. The number of aryl methyl sites for hydroxylation is 1. The van der Waals surface area contributed by atoms with Crippen LogP contribution in [0.4, 0.5) is 5.95 Å². The highest BCUT2D eigenvalue weighted by atomic mass is 16.5. The van der Waals surface area contributed by atoms with E-state index >= 15 is 0 Å². The molecule has 0 aliphatic carbocycles. The van der Waals surface area contributed by atoms with Crippen LogP contribution in [0.1, 0.15) is 51.9 Å². The summed E-state index contributed by atoms with van der Waals surface area (Å²) in [5, 5.41) is 4.00. The number of aromatic nitrogens is 3. The van der Waals surface area contributed by atoms with Gasteiger partial charge in [-0.3, -0.25) is 0 Å². The molecule has 3 rings (SSSR count). The standard InChI is InChI=1S/C18H26N4O/c1-12-7-6-8-22(11-12)17-19-10-14(15-9-13(2)21-23-15)16(20-17)18(3,4)5/h9-10,12H,6-8,11H2,1-5H3. The van der Waals surface area contributed by atoms with Crippen molar-refractivity contribution >= 4 is 5.95 Å². The van der Waals surface area contributed by atoms with Crippen LogP contribution in [0.2, 0.25) is 0 Å². The lowest BCUT2D eigenvalue weighted by atomic mass is 9.88. The molecule has 0 saturated carbocycles. The SMILES string of the molecule is Cc1cc(-c2cnc(N3CCCC(C)C3)nc2C(C)(C)C)on1. The second-order valence-corrected chi connectivity index (χ2v) is 7.71. The molecule has 1 saturated heterocycles. The van der Waals surface area contributed by atoms with Crippen molar-refractivity contribution in [3.8, 4) is 11.3 Å². The summed E-state index contributed by atoms with van der Waals surface area (Å²) < 4.78 is 5.44. The van der Waals surface area contributed by atoms with E-state index < -0.39 is 0 Å². The Hall–Kier alpha value is -1.91. The lowest BCUT2D eigenvalue weighted by Crippen LogP contribution is -2.36. The van der Waals surface area contributed by atoms with Crippen molar-refractivity contribution in [2.45, 2.75) is 52.9 Å². The maximum atomic E-state index is 5.44. The Kier molecular flexibility index (Phi) is 4.13. The van der Waals surface area contributed by atoms with Crippen LogP contribution >= 0.6 is 0 Å². The van der Waals surface area contributed by atoms with Crippen molar-refractivity contribution in [1.29, 1.82) is 0 Å². The molecule has 1 atom stereocenters. The van der Waals surface area contributed by atoms with Gasteiger partial charge < -0.3 is 9.42 Å². The fourth-order valence-corrected chi connectivity index (χ4v) is 3.14. The first-order valence-electron chi connectivity index (χ1n) is 8.41. The normalized spacial score (nSPS) is 19.2. The molecule has 2 aromatic heterocycles. The highest BCUT2D eigenvalue weighted by Gasteiger charge is 2.26.